The minimum absolute atomic E-state index is 0.0599. The third-order valence-electron chi connectivity index (χ3n) is 1.30. The molecule has 0 bridgehead atoms. The lowest BCUT2D eigenvalue weighted by Crippen LogP contribution is -2.18. The van der Waals surface area contributed by atoms with Gasteiger partial charge in [-0.25, -0.2) is 9.59 Å². The van der Waals surface area contributed by atoms with E-state index >= 15 is 0 Å². The van der Waals surface area contributed by atoms with E-state index in [1.54, 1.807) is 6.92 Å². The van der Waals surface area contributed by atoms with E-state index in [0.29, 0.717) is 5.57 Å². The molecule has 1 N–H and O–H groups in total. The van der Waals surface area contributed by atoms with E-state index in [-0.39, 0.29) is 22.9 Å². The Bertz CT molecular complexity index is 352. The third kappa shape index (κ3) is 28.0. The lowest BCUT2D eigenvalue weighted by Gasteiger charge is -2.04. The van der Waals surface area contributed by atoms with E-state index in [2.05, 4.69) is 29.2 Å². The van der Waals surface area contributed by atoms with Gasteiger partial charge in [0.1, 0.15) is 12.7 Å². The van der Waals surface area contributed by atoms with Crippen molar-refractivity contribution in [2.45, 2.75) is 13.0 Å². The van der Waals surface area contributed by atoms with Crippen LogP contribution in [0.3, 0.4) is 0 Å². The monoisotopic (exact) mass is 360 g/mol. The van der Waals surface area contributed by atoms with Gasteiger partial charge in [-0.15, -0.1) is 11.6 Å². The summed E-state index contributed by atoms with van der Waals surface area (Å²) in [7, 11) is 1.33. The van der Waals surface area contributed by atoms with Gasteiger partial charge in [0.2, 0.25) is 0 Å². The van der Waals surface area contributed by atoms with Crippen molar-refractivity contribution >= 4 is 46.7 Å². The lowest BCUT2D eigenvalue weighted by atomic mass is 10.4. The molecule has 8 heteroatoms. The highest BCUT2D eigenvalue weighted by Gasteiger charge is 2.03. The van der Waals surface area contributed by atoms with Gasteiger partial charge in [0.25, 0.3) is 0 Å². The number of hydrogen-bond donors (Lipinski definition) is 1. The first-order valence-electron chi connectivity index (χ1n) is 5.39. The largest absolute Gasteiger partial charge is 0.466 e. The van der Waals surface area contributed by atoms with Crippen molar-refractivity contribution in [3.63, 3.8) is 0 Å². The highest BCUT2D eigenvalue weighted by Crippen LogP contribution is 1.98. The van der Waals surface area contributed by atoms with Crippen LogP contribution in [0.2, 0.25) is 0 Å². The zero-order chi connectivity index (χ0) is 17.4. The van der Waals surface area contributed by atoms with E-state index in [4.69, 9.17) is 39.9 Å². The van der Waals surface area contributed by atoms with Crippen molar-refractivity contribution < 1.29 is 24.2 Å². The van der Waals surface area contributed by atoms with Crippen molar-refractivity contribution in [3.8, 4) is 0 Å². The Kier molecular flexibility index (Phi) is 20.3. The molecule has 1 unspecified atom stereocenters. The molecule has 0 aromatic rings. The summed E-state index contributed by atoms with van der Waals surface area (Å²) in [6.45, 7) is 11.1. The Hall–Kier alpha value is -1.01. The summed E-state index contributed by atoms with van der Waals surface area (Å²) in [6, 6.07) is 0. The summed E-state index contributed by atoms with van der Waals surface area (Å²) in [5.74, 6) is -0.839. The molecule has 0 aliphatic heterocycles. The standard InChI is InChI=1S/C6H9ClO3.C5H8O2.C2H2Cl2/c1-2-6(9)10-4-5(8)3-7;1-4(2)5(6)7-3;1-2(3)4/h2,5,8H,1,3-4H2;1H2,2-3H3;1H2. The van der Waals surface area contributed by atoms with Gasteiger partial charge in [-0.3, -0.25) is 0 Å². The van der Waals surface area contributed by atoms with Gasteiger partial charge in [0.05, 0.1) is 17.5 Å². The highest BCUT2D eigenvalue weighted by molar-refractivity contribution is 6.55. The second-order valence-corrected chi connectivity index (χ2v) is 4.67. The van der Waals surface area contributed by atoms with E-state index in [0.717, 1.165) is 6.08 Å². The maximum absolute atomic E-state index is 10.3. The zero-order valence-corrected chi connectivity index (χ0v) is 14.2. The van der Waals surface area contributed by atoms with Crippen molar-refractivity contribution in [1.82, 2.24) is 0 Å². The van der Waals surface area contributed by atoms with Gasteiger partial charge in [0, 0.05) is 11.6 Å². The second kappa shape index (κ2) is 17.0. The molecule has 0 aliphatic rings. The minimum atomic E-state index is -0.787. The van der Waals surface area contributed by atoms with Gasteiger partial charge in [-0.2, -0.15) is 0 Å². The smallest absolute Gasteiger partial charge is 0.332 e. The van der Waals surface area contributed by atoms with Crippen molar-refractivity contribution in [3.05, 3.63) is 35.9 Å². The average Bonchev–Trinajstić information content (AvgIpc) is 2.43. The average molecular weight is 362 g/mol. The maximum Gasteiger partial charge on any atom is 0.332 e. The first kappa shape index (κ1) is 25.0. The molecule has 0 saturated carbocycles. The molecule has 0 aromatic carbocycles. The molecule has 0 fully saturated rings. The predicted molar refractivity (Wildman–Crippen MR) is 85.6 cm³/mol. The number of rotatable bonds is 5. The highest BCUT2D eigenvalue weighted by atomic mass is 35.5. The molecule has 122 valence electrons. The quantitative estimate of drug-likeness (QED) is 0.463. The summed E-state index contributed by atoms with van der Waals surface area (Å²) in [5.41, 5.74) is 0.433. The number of aliphatic hydroxyl groups excluding tert-OH is 1. The fraction of sp³-hybridized carbons (Fsp3) is 0.385. The summed E-state index contributed by atoms with van der Waals surface area (Å²) >= 11 is 14.9. The molecule has 0 spiro atoms. The van der Waals surface area contributed by atoms with Crippen LogP contribution in [0.25, 0.3) is 0 Å². The predicted octanol–water partition coefficient (Wildman–Crippen LogP) is 2.99. The van der Waals surface area contributed by atoms with Crippen molar-refractivity contribution in [2.24, 2.45) is 0 Å². The van der Waals surface area contributed by atoms with Crippen LogP contribution in [-0.4, -0.2) is 42.7 Å². The zero-order valence-electron chi connectivity index (χ0n) is 11.9. The molecule has 0 saturated heterocycles. The van der Waals surface area contributed by atoms with Crippen LogP contribution in [0.15, 0.2) is 35.9 Å². The minimum Gasteiger partial charge on any atom is -0.466 e. The molecule has 0 heterocycles. The molecule has 1 atom stereocenters. The molecular weight excluding hydrogens is 342 g/mol. The topological polar surface area (TPSA) is 72.8 Å². The molecule has 0 aromatic heterocycles. The molecule has 21 heavy (non-hydrogen) atoms. The molecule has 5 nitrogen and oxygen atoms in total. The number of carbonyl (C=O) groups excluding carboxylic acids is 2. The lowest BCUT2D eigenvalue weighted by molar-refractivity contribution is -0.140. The summed E-state index contributed by atoms with van der Waals surface area (Å²) in [5, 5.41) is 8.76. The number of aliphatic hydroxyl groups is 1. The van der Waals surface area contributed by atoms with Crippen LogP contribution in [-0.2, 0) is 19.1 Å². The normalized spacial score (nSPS) is 9.62. The SMILES string of the molecule is C=C(C)C(=O)OC.C=C(Cl)Cl.C=CC(=O)OCC(O)CCl. The van der Waals surface area contributed by atoms with Gasteiger partial charge in [-0.05, 0) is 6.92 Å². The molecule has 0 rings (SSSR count). The Morgan fingerprint density at radius 2 is 1.76 bits per heavy atom. The number of hydrogen-bond acceptors (Lipinski definition) is 5. The Morgan fingerprint density at radius 1 is 1.33 bits per heavy atom. The van der Waals surface area contributed by atoms with Gasteiger partial charge in [0.15, 0.2) is 0 Å². The van der Waals surface area contributed by atoms with E-state index < -0.39 is 12.1 Å². The van der Waals surface area contributed by atoms with E-state index in [1.807, 2.05) is 0 Å². The van der Waals surface area contributed by atoms with Gasteiger partial charge < -0.3 is 14.6 Å². The van der Waals surface area contributed by atoms with Gasteiger partial charge in [-0.1, -0.05) is 42.9 Å². The summed E-state index contributed by atoms with van der Waals surface area (Å²) in [4.78, 5) is 20.5. The van der Waals surface area contributed by atoms with Crippen LogP contribution in [0.5, 0.6) is 0 Å². The fourth-order valence-electron chi connectivity index (χ4n) is 0.456. The van der Waals surface area contributed by atoms with E-state index in [9.17, 15) is 9.59 Å². The number of halogens is 3. The van der Waals surface area contributed by atoms with Crippen LogP contribution >= 0.6 is 34.8 Å². The number of carbonyl (C=O) groups is 2. The Morgan fingerprint density at radius 3 is 1.95 bits per heavy atom. The number of methoxy groups -OCH3 is 1. The maximum atomic E-state index is 10.3. The third-order valence-corrected chi connectivity index (χ3v) is 1.65. The van der Waals surface area contributed by atoms with Gasteiger partial charge >= 0.3 is 11.9 Å². The van der Waals surface area contributed by atoms with Crippen LogP contribution in [0, 0.1) is 0 Å². The summed E-state index contributed by atoms with van der Waals surface area (Å²) in [6.07, 6.45) is 0.242. The van der Waals surface area contributed by atoms with Crippen molar-refractivity contribution in [1.29, 1.82) is 0 Å². The Balaban J connectivity index is -0.000000256. The Labute approximate surface area is 139 Å². The van der Waals surface area contributed by atoms with Crippen molar-refractivity contribution in [2.75, 3.05) is 19.6 Å². The molecule has 0 aliphatic carbocycles. The number of ether oxygens (including phenoxy) is 2. The molecular formula is C13H19Cl3O5. The number of alkyl halides is 1. The second-order valence-electron chi connectivity index (χ2n) is 3.25. The molecule has 0 radical (unpaired) electrons. The first-order valence-corrected chi connectivity index (χ1v) is 6.68. The number of esters is 2. The summed E-state index contributed by atoms with van der Waals surface area (Å²) < 4.78 is 8.84. The van der Waals surface area contributed by atoms with Crippen LogP contribution in [0.1, 0.15) is 6.92 Å². The van der Waals surface area contributed by atoms with Crippen LogP contribution in [0.4, 0.5) is 0 Å². The fourth-order valence-corrected chi connectivity index (χ4v) is 0.545. The first-order chi connectivity index (χ1) is 9.61. The van der Waals surface area contributed by atoms with Crippen LogP contribution < -0.4 is 0 Å². The van der Waals surface area contributed by atoms with E-state index in [1.165, 1.54) is 7.11 Å². The molecule has 0 amide bonds.